The van der Waals surface area contributed by atoms with Gasteiger partial charge in [0.2, 0.25) is 0 Å². The van der Waals surface area contributed by atoms with Crippen molar-refractivity contribution in [3.05, 3.63) is 89.2 Å². The van der Waals surface area contributed by atoms with E-state index in [2.05, 4.69) is 15.4 Å². The summed E-state index contributed by atoms with van der Waals surface area (Å²) in [6.45, 7) is 2.22. The SMILES string of the molecule is Cc1ccc(-c2cc(C(F)(F)F)n3ncc(C(=O)NCCc4ccccc4)c3n2)cc1. The van der Waals surface area contributed by atoms with Crippen molar-refractivity contribution < 1.29 is 18.0 Å². The number of nitrogens with one attached hydrogen (secondary N) is 1. The Bertz CT molecular complexity index is 1220. The third-order valence-electron chi connectivity index (χ3n) is 4.90. The molecule has 2 aromatic carbocycles. The maximum atomic E-state index is 13.7. The maximum Gasteiger partial charge on any atom is 0.433 e. The molecule has 0 fully saturated rings. The Hall–Kier alpha value is -3.68. The fourth-order valence-corrected chi connectivity index (χ4v) is 3.26. The van der Waals surface area contributed by atoms with Crippen LogP contribution in [0, 0.1) is 6.92 Å². The van der Waals surface area contributed by atoms with Crippen LogP contribution < -0.4 is 5.32 Å². The van der Waals surface area contributed by atoms with Gasteiger partial charge in [0.25, 0.3) is 5.91 Å². The van der Waals surface area contributed by atoms with E-state index >= 15 is 0 Å². The second kappa shape index (κ2) is 8.22. The van der Waals surface area contributed by atoms with E-state index in [9.17, 15) is 18.0 Å². The average molecular weight is 424 g/mol. The van der Waals surface area contributed by atoms with Gasteiger partial charge in [0.15, 0.2) is 11.3 Å². The number of aryl methyl sites for hydroxylation is 1. The second-order valence-corrected chi connectivity index (χ2v) is 7.18. The molecule has 0 aliphatic heterocycles. The number of hydrogen-bond donors (Lipinski definition) is 1. The molecule has 0 radical (unpaired) electrons. The van der Waals surface area contributed by atoms with E-state index in [0.29, 0.717) is 23.0 Å². The average Bonchev–Trinajstić information content (AvgIpc) is 3.17. The zero-order valence-electron chi connectivity index (χ0n) is 16.6. The molecule has 5 nitrogen and oxygen atoms in total. The van der Waals surface area contributed by atoms with Crippen LogP contribution in [-0.2, 0) is 12.6 Å². The van der Waals surface area contributed by atoms with Crippen molar-refractivity contribution in [2.75, 3.05) is 6.54 Å². The summed E-state index contributed by atoms with van der Waals surface area (Å²) < 4.78 is 41.7. The predicted molar refractivity (Wildman–Crippen MR) is 111 cm³/mol. The number of halogens is 3. The van der Waals surface area contributed by atoms with Gasteiger partial charge >= 0.3 is 6.18 Å². The van der Waals surface area contributed by atoms with Crippen LogP contribution in [0.2, 0.25) is 0 Å². The van der Waals surface area contributed by atoms with Crippen LogP contribution >= 0.6 is 0 Å². The Morgan fingerprint density at radius 3 is 2.45 bits per heavy atom. The Morgan fingerprint density at radius 1 is 1.06 bits per heavy atom. The molecule has 8 heteroatoms. The van der Waals surface area contributed by atoms with Gasteiger partial charge in [0.1, 0.15) is 5.56 Å². The van der Waals surface area contributed by atoms with E-state index in [-0.39, 0.29) is 16.9 Å². The Balaban J connectivity index is 1.68. The monoisotopic (exact) mass is 424 g/mol. The van der Waals surface area contributed by atoms with E-state index in [1.54, 1.807) is 24.3 Å². The third-order valence-corrected chi connectivity index (χ3v) is 4.90. The predicted octanol–water partition coefficient (Wildman–Crippen LogP) is 4.70. The number of carbonyl (C=O) groups is 1. The number of aromatic nitrogens is 3. The van der Waals surface area contributed by atoms with Crippen molar-refractivity contribution in [3.63, 3.8) is 0 Å². The molecule has 0 spiro atoms. The number of benzene rings is 2. The Morgan fingerprint density at radius 2 is 1.77 bits per heavy atom. The summed E-state index contributed by atoms with van der Waals surface area (Å²) in [7, 11) is 0. The van der Waals surface area contributed by atoms with Crippen LogP contribution in [0.25, 0.3) is 16.9 Å². The topological polar surface area (TPSA) is 59.3 Å². The maximum absolute atomic E-state index is 13.7. The molecular formula is C23H19F3N4O. The summed E-state index contributed by atoms with van der Waals surface area (Å²) in [6.07, 6.45) is -2.94. The van der Waals surface area contributed by atoms with Gasteiger partial charge in [-0.15, -0.1) is 0 Å². The Kier molecular flexibility index (Phi) is 5.46. The largest absolute Gasteiger partial charge is 0.433 e. The Labute approximate surface area is 176 Å². The van der Waals surface area contributed by atoms with Crippen molar-refractivity contribution >= 4 is 11.6 Å². The van der Waals surface area contributed by atoms with Gasteiger partial charge in [-0.2, -0.15) is 18.3 Å². The number of nitrogens with zero attached hydrogens (tertiary/aromatic N) is 3. The third kappa shape index (κ3) is 4.42. The molecule has 0 bridgehead atoms. The number of fused-ring (bicyclic) bond motifs is 1. The molecule has 2 aromatic heterocycles. The molecule has 0 aliphatic rings. The summed E-state index contributed by atoms with van der Waals surface area (Å²) in [5, 5.41) is 6.53. The van der Waals surface area contributed by atoms with Crippen molar-refractivity contribution in [2.45, 2.75) is 19.5 Å². The van der Waals surface area contributed by atoms with Crippen molar-refractivity contribution in [3.8, 4) is 11.3 Å². The number of hydrogen-bond acceptors (Lipinski definition) is 3. The molecule has 0 unspecified atom stereocenters. The standard InChI is InChI=1S/C23H19F3N4O/c1-15-7-9-17(10-8-15)19-13-20(23(24,25)26)30-21(29-19)18(14-28-30)22(31)27-12-11-16-5-3-2-4-6-16/h2-10,13-14H,11-12H2,1H3,(H,27,31). The van der Waals surface area contributed by atoms with Gasteiger partial charge in [-0.3, -0.25) is 4.79 Å². The van der Waals surface area contributed by atoms with Crippen molar-refractivity contribution in [2.24, 2.45) is 0 Å². The minimum absolute atomic E-state index is 0.00692. The van der Waals surface area contributed by atoms with E-state index in [0.717, 1.165) is 23.4 Å². The molecular weight excluding hydrogens is 405 g/mol. The van der Waals surface area contributed by atoms with E-state index < -0.39 is 17.8 Å². The first-order chi connectivity index (χ1) is 14.8. The van der Waals surface area contributed by atoms with Crippen LogP contribution in [-0.4, -0.2) is 27.0 Å². The highest BCUT2D eigenvalue weighted by Gasteiger charge is 2.36. The molecule has 0 saturated heterocycles. The van der Waals surface area contributed by atoms with Crippen LogP contribution in [0.15, 0.2) is 66.9 Å². The fraction of sp³-hybridized carbons (Fsp3) is 0.174. The summed E-state index contributed by atoms with van der Waals surface area (Å²) in [5.41, 5.74) is 1.53. The molecule has 0 atom stereocenters. The first-order valence-electron chi connectivity index (χ1n) is 9.68. The zero-order chi connectivity index (χ0) is 22.0. The van der Waals surface area contributed by atoms with Crippen molar-refractivity contribution in [1.82, 2.24) is 19.9 Å². The van der Waals surface area contributed by atoms with E-state index in [1.807, 2.05) is 37.3 Å². The van der Waals surface area contributed by atoms with Gasteiger partial charge in [-0.1, -0.05) is 60.2 Å². The van der Waals surface area contributed by atoms with Crippen LogP contribution in [0.3, 0.4) is 0 Å². The molecule has 158 valence electrons. The lowest BCUT2D eigenvalue weighted by molar-refractivity contribution is -0.142. The lowest BCUT2D eigenvalue weighted by Crippen LogP contribution is -2.26. The highest BCUT2D eigenvalue weighted by atomic mass is 19.4. The number of rotatable bonds is 5. The number of carbonyl (C=O) groups excluding carboxylic acids is 1. The minimum Gasteiger partial charge on any atom is -0.352 e. The van der Waals surface area contributed by atoms with Crippen molar-refractivity contribution in [1.29, 1.82) is 0 Å². The second-order valence-electron chi connectivity index (χ2n) is 7.18. The summed E-state index contributed by atoms with van der Waals surface area (Å²) >= 11 is 0. The molecule has 31 heavy (non-hydrogen) atoms. The summed E-state index contributed by atoms with van der Waals surface area (Å²) in [4.78, 5) is 17.0. The lowest BCUT2D eigenvalue weighted by atomic mass is 10.1. The van der Waals surface area contributed by atoms with Gasteiger partial charge in [-0.05, 0) is 25.0 Å². The van der Waals surface area contributed by atoms with Gasteiger partial charge in [0.05, 0.1) is 11.9 Å². The van der Waals surface area contributed by atoms with Gasteiger partial charge < -0.3 is 5.32 Å². The van der Waals surface area contributed by atoms with Gasteiger partial charge in [-0.25, -0.2) is 9.50 Å². The summed E-state index contributed by atoms with van der Waals surface area (Å²) in [6, 6.07) is 17.5. The fourth-order valence-electron chi connectivity index (χ4n) is 3.26. The highest BCUT2D eigenvalue weighted by molar-refractivity contribution is 5.99. The first-order valence-corrected chi connectivity index (χ1v) is 9.68. The molecule has 0 saturated carbocycles. The molecule has 4 aromatic rings. The zero-order valence-corrected chi connectivity index (χ0v) is 16.6. The molecule has 1 amide bonds. The molecule has 0 aliphatic carbocycles. The normalized spacial score (nSPS) is 11.6. The highest BCUT2D eigenvalue weighted by Crippen LogP contribution is 2.32. The molecule has 4 rings (SSSR count). The number of alkyl halides is 3. The van der Waals surface area contributed by atoms with Crippen LogP contribution in [0.4, 0.5) is 13.2 Å². The van der Waals surface area contributed by atoms with Gasteiger partial charge in [0, 0.05) is 12.1 Å². The van der Waals surface area contributed by atoms with E-state index in [1.165, 1.54) is 0 Å². The smallest absolute Gasteiger partial charge is 0.352 e. The molecule has 1 N–H and O–H groups in total. The first kappa shape index (κ1) is 20.6. The molecule has 2 heterocycles. The minimum atomic E-state index is -4.66. The van der Waals surface area contributed by atoms with Crippen LogP contribution in [0.5, 0.6) is 0 Å². The van der Waals surface area contributed by atoms with E-state index in [4.69, 9.17) is 0 Å². The quantitative estimate of drug-likeness (QED) is 0.505. The van der Waals surface area contributed by atoms with Crippen LogP contribution in [0.1, 0.15) is 27.2 Å². The lowest BCUT2D eigenvalue weighted by Gasteiger charge is -2.12. The summed E-state index contributed by atoms with van der Waals surface area (Å²) in [5.74, 6) is -0.521. The number of amides is 1.